The molecule has 0 saturated carbocycles. The quantitative estimate of drug-likeness (QED) is 0.575. The number of rotatable bonds is 6. The SMILES string of the molecule is COc1cc2c(C(=O)N(C)c3ccc(Cl)cc3)cn(CC(C)C)c(=O)c2cc1OC. The first-order valence-electron chi connectivity index (χ1n) is 9.59. The normalized spacial score (nSPS) is 11.0. The minimum Gasteiger partial charge on any atom is -0.493 e. The summed E-state index contributed by atoms with van der Waals surface area (Å²) in [5, 5.41) is 1.51. The van der Waals surface area contributed by atoms with E-state index in [1.54, 1.807) is 54.2 Å². The molecule has 0 radical (unpaired) electrons. The van der Waals surface area contributed by atoms with Crippen LogP contribution in [0.1, 0.15) is 24.2 Å². The molecule has 1 amide bonds. The number of halogens is 1. The van der Waals surface area contributed by atoms with Gasteiger partial charge in [-0.3, -0.25) is 9.59 Å². The van der Waals surface area contributed by atoms with Gasteiger partial charge in [0.1, 0.15) is 0 Å². The first kappa shape index (κ1) is 21.7. The van der Waals surface area contributed by atoms with Gasteiger partial charge in [-0.1, -0.05) is 25.4 Å². The molecule has 158 valence electrons. The van der Waals surface area contributed by atoms with Crippen molar-refractivity contribution in [1.82, 2.24) is 4.57 Å². The molecule has 0 N–H and O–H groups in total. The van der Waals surface area contributed by atoms with Crippen molar-refractivity contribution in [2.75, 3.05) is 26.2 Å². The van der Waals surface area contributed by atoms with Crippen LogP contribution in [-0.4, -0.2) is 31.7 Å². The van der Waals surface area contributed by atoms with E-state index in [9.17, 15) is 9.59 Å². The molecule has 3 aromatic rings. The van der Waals surface area contributed by atoms with Gasteiger partial charge in [-0.15, -0.1) is 0 Å². The van der Waals surface area contributed by atoms with Gasteiger partial charge < -0.3 is 18.9 Å². The molecule has 3 rings (SSSR count). The number of pyridine rings is 1. The summed E-state index contributed by atoms with van der Waals surface area (Å²) >= 11 is 5.97. The van der Waals surface area contributed by atoms with Gasteiger partial charge in [0.25, 0.3) is 11.5 Å². The molecule has 2 aromatic carbocycles. The summed E-state index contributed by atoms with van der Waals surface area (Å²) in [6.07, 6.45) is 1.63. The lowest BCUT2D eigenvalue weighted by Gasteiger charge is -2.21. The maximum absolute atomic E-state index is 13.5. The predicted octanol–water partition coefficient (Wildman–Crippen LogP) is 4.60. The van der Waals surface area contributed by atoms with Gasteiger partial charge in [-0.2, -0.15) is 0 Å². The molecule has 0 aliphatic heterocycles. The number of fused-ring (bicyclic) bond motifs is 1. The second kappa shape index (κ2) is 8.79. The van der Waals surface area contributed by atoms with Gasteiger partial charge in [-0.25, -0.2) is 0 Å². The third-order valence-electron chi connectivity index (χ3n) is 4.90. The topological polar surface area (TPSA) is 60.8 Å². The Kier molecular flexibility index (Phi) is 6.37. The van der Waals surface area contributed by atoms with Crippen molar-refractivity contribution >= 4 is 34.0 Å². The van der Waals surface area contributed by atoms with E-state index in [2.05, 4.69) is 0 Å². The van der Waals surface area contributed by atoms with E-state index in [4.69, 9.17) is 21.1 Å². The van der Waals surface area contributed by atoms with E-state index in [1.165, 1.54) is 19.1 Å². The smallest absolute Gasteiger partial charge is 0.260 e. The van der Waals surface area contributed by atoms with E-state index in [0.717, 1.165) is 0 Å². The highest BCUT2D eigenvalue weighted by Gasteiger charge is 2.21. The summed E-state index contributed by atoms with van der Waals surface area (Å²) in [5.41, 5.74) is 0.925. The number of benzene rings is 2. The minimum absolute atomic E-state index is 0.176. The largest absolute Gasteiger partial charge is 0.493 e. The number of nitrogens with zero attached hydrogens (tertiary/aromatic N) is 2. The van der Waals surface area contributed by atoms with E-state index in [0.29, 0.717) is 45.1 Å². The molecule has 0 fully saturated rings. The highest BCUT2D eigenvalue weighted by molar-refractivity contribution is 6.30. The Hall–Kier alpha value is -2.99. The first-order chi connectivity index (χ1) is 14.3. The van der Waals surface area contributed by atoms with Crippen molar-refractivity contribution in [2.24, 2.45) is 5.92 Å². The number of aromatic nitrogens is 1. The maximum atomic E-state index is 13.5. The fourth-order valence-corrected chi connectivity index (χ4v) is 3.51. The summed E-state index contributed by atoms with van der Waals surface area (Å²) in [7, 11) is 4.72. The molecule has 0 bridgehead atoms. The van der Waals surface area contributed by atoms with Crippen molar-refractivity contribution in [3.8, 4) is 11.5 Å². The van der Waals surface area contributed by atoms with Crippen LogP contribution in [0.25, 0.3) is 10.8 Å². The van der Waals surface area contributed by atoms with Crippen LogP contribution in [0, 0.1) is 5.92 Å². The zero-order chi connectivity index (χ0) is 22.0. The van der Waals surface area contributed by atoms with Crippen molar-refractivity contribution in [1.29, 1.82) is 0 Å². The van der Waals surface area contributed by atoms with Gasteiger partial charge in [-0.05, 0) is 42.3 Å². The first-order valence-corrected chi connectivity index (χ1v) is 9.97. The molecule has 30 heavy (non-hydrogen) atoms. The Balaban J connectivity index is 2.24. The van der Waals surface area contributed by atoms with Crippen LogP contribution in [0.2, 0.25) is 5.02 Å². The van der Waals surface area contributed by atoms with E-state index >= 15 is 0 Å². The van der Waals surface area contributed by atoms with Crippen LogP contribution in [0.3, 0.4) is 0 Å². The number of carbonyl (C=O) groups is 1. The summed E-state index contributed by atoms with van der Waals surface area (Å²) in [4.78, 5) is 28.1. The number of hydrogen-bond acceptors (Lipinski definition) is 4. The Labute approximate surface area is 180 Å². The van der Waals surface area contributed by atoms with Gasteiger partial charge in [0, 0.05) is 35.9 Å². The van der Waals surface area contributed by atoms with Crippen LogP contribution in [0.15, 0.2) is 47.4 Å². The number of amides is 1. The second-order valence-corrected chi connectivity index (χ2v) is 7.92. The molecule has 7 heteroatoms. The Bertz CT molecular complexity index is 1140. The lowest BCUT2D eigenvalue weighted by atomic mass is 10.0. The van der Waals surface area contributed by atoms with Crippen molar-refractivity contribution in [3.05, 3.63) is 63.5 Å². The van der Waals surface area contributed by atoms with Crippen LogP contribution in [-0.2, 0) is 6.54 Å². The van der Waals surface area contributed by atoms with Gasteiger partial charge in [0.15, 0.2) is 11.5 Å². The van der Waals surface area contributed by atoms with Crippen molar-refractivity contribution in [3.63, 3.8) is 0 Å². The Morgan fingerprint density at radius 3 is 2.17 bits per heavy atom. The molecule has 0 aliphatic rings. The Morgan fingerprint density at radius 2 is 1.63 bits per heavy atom. The molecule has 0 spiro atoms. The number of carbonyl (C=O) groups excluding carboxylic acids is 1. The third-order valence-corrected chi connectivity index (χ3v) is 5.15. The molecule has 1 heterocycles. The van der Waals surface area contributed by atoms with E-state index < -0.39 is 0 Å². The average Bonchev–Trinajstić information content (AvgIpc) is 2.74. The summed E-state index contributed by atoms with van der Waals surface area (Å²) < 4.78 is 12.4. The second-order valence-electron chi connectivity index (χ2n) is 7.49. The molecule has 0 aliphatic carbocycles. The standard InChI is InChI=1S/C23H25ClN2O4/c1-14(2)12-26-13-19(22(27)25(3)16-8-6-15(24)7-9-16)17-10-20(29-4)21(30-5)11-18(17)23(26)28/h6-11,13-14H,12H2,1-5H3. The monoisotopic (exact) mass is 428 g/mol. The van der Waals surface area contributed by atoms with Crippen molar-refractivity contribution in [2.45, 2.75) is 20.4 Å². The fraction of sp³-hybridized carbons (Fsp3) is 0.304. The predicted molar refractivity (Wildman–Crippen MR) is 120 cm³/mol. The van der Waals surface area contributed by atoms with Crippen molar-refractivity contribution < 1.29 is 14.3 Å². The zero-order valence-electron chi connectivity index (χ0n) is 17.7. The maximum Gasteiger partial charge on any atom is 0.260 e. The van der Waals surface area contributed by atoms with E-state index in [-0.39, 0.29) is 17.4 Å². The molecule has 6 nitrogen and oxygen atoms in total. The molecular weight excluding hydrogens is 404 g/mol. The summed E-state index contributed by atoms with van der Waals surface area (Å²) in [6.45, 7) is 4.53. The Morgan fingerprint density at radius 1 is 1.07 bits per heavy atom. The molecule has 0 unspecified atom stereocenters. The van der Waals surface area contributed by atoms with Crippen LogP contribution in [0.5, 0.6) is 11.5 Å². The van der Waals surface area contributed by atoms with Gasteiger partial charge >= 0.3 is 0 Å². The highest BCUT2D eigenvalue weighted by Crippen LogP contribution is 2.33. The third kappa shape index (κ3) is 4.14. The number of methoxy groups -OCH3 is 2. The van der Waals surface area contributed by atoms with Gasteiger partial charge in [0.2, 0.25) is 0 Å². The average molecular weight is 429 g/mol. The molecular formula is C23H25ClN2O4. The molecule has 0 saturated heterocycles. The lowest BCUT2D eigenvalue weighted by Crippen LogP contribution is -2.30. The van der Waals surface area contributed by atoms with Crippen LogP contribution in [0.4, 0.5) is 5.69 Å². The zero-order valence-corrected chi connectivity index (χ0v) is 18.5. The summed E-state index contributed by atoms with van der Waals surface area (Å²) in [5.74, 6) is 0.882. The molecule has 0 atom stereocenters. The number of ether oxygens (including phenoxy) is 2. The highest BCUT2D eigenvalue weighted by atomic mass is 35.5. The molecule has 1 aromatic heterocycles. The van der Waals surface area contributed by atoms with Gasteiger partial charge in [0.05, 0.1) is 25.2 Å². The fourth-order valence-electron chi connectivity index (χ4n) is 3.38. The lowest BCUT2D eigenvalue weighted by molar-refractivity contribution is 0.0993. The minimum atomic E-state index is -0.243. The van der Waals surface area contributed by atoms with Crippen LogP contribution < -0.4 is 19.9 Å². The van der Waals surface area contributed by atoms with Crippen LogP contribution >= 0.6 is 11.6 Å². The number of hydrogen-bond donors (Lipinski definition) is 0. The summed E-state index contributed by atoms with van der Waals surface area (Å²) in [6, 6.07) is 10.3. The van der Waals surface area contributed by atoms with E-state index in [1.807, 2.05) is 13.8 Å². The number of anilines is 1.